The molecule has 2 aliphatic heterocycles. The Balaban J connectivity index is 1.20. The number of H-pyrrole nitrogens is 1. The number of alkyl halides is 2. The third-order valence-corrected chi connectivity index (χ3v) is 9.11. The van der Waals surface area contributed by atoms with Gasteiger partial charge in [-0.1, -0.05) is 24.3 Å². The lowest BCUT2D eigenvalue weighted by Crippen LogP contribution is -2.54. The second kappa shape index (κ2) is 10.8. The van der Waals surface area contributed by atoms with Crippen LogP contribution in [0.15, 0.2) is 60.9 Å². The summed E-state index contributed by atoms with van der Waals surface area (Å²) in [5.74, 6) is -1.39. The van der Waals surface area contributed by atoms with E-state index in [0.29, 0.717) is 31.8 Å². The molecule has 7 nitrogen and oxygen atoms in total. The van der Waals surface area contributed by atoms with Crippen LogP contribution in [0.1, 0.15) is 44.1 Å². The lowest BCUT2D eigenvalue weighted by molar-refractivity contribution is -0.0505. The predicted molar refractivity (Wildman–Crippen MR) is 151 cm³/mol. The first-order valence-electron chi connectivity index (χ1n) is 14.3. The smallest absolute Gasteiger partial charge is 0.325 e. The number of nitrogens with one attached hydrogen (secondary N) is 1. The number of urea groups is 1. The van der Waals surface area contributed by atoms with E-state index >= 15 is 0 Å². The maximum atomic E-state index is 14.0. The van der Waals surface area contributed by atoms with Crippen LogP contribution in [0.3, 0.4) is 0 Å². The molecule has 3 fully saturated rings. The highest BCUT2D eigenvalue weighted by molar-refractivity contribution is 5.95. The number of amides is 2. The Morgan fingerprint density at radius 2 is 1.77 bits per heavy atom. The normalized spacial score (nSPS) is 21.3. The number of benzene rings is 2. The molecule has 2 saturated heterocycles. The molecular formula is C31H37F2N5O2. The maximum Gasteiger partial charge on any atom is 0.325 e. The van der Waals surface area contributed by atoms with Crippen LogP contribution in [0, 0.1) is 5.92 Å². The topological polar surface area (TPSA) is 64.7 Å². The number of carbonyl (C=O) groups is 1. The van der Waals surface area contributed by atoms with E-state index < -0.39 is 5.92 Å². The zero-order chi connectivity index (χ0) is 27.7. The van der Waals surface area contributed by atoms with Crippen LogP contribution in [0.4, 0.5) is 19.3 Å². The Hall–Kier alpha value is -3.46. The molecule has 0 bridgehead atoms. The number of carbonyl (C=O) groups excluding carboxylic acids is 1. The minimum atomic E-state index is -2.49. The third-order valence-electron chi connectivity index (χ3n) is 9.11. The number of methoxy groups -OCH3 is 1. The van der Waals surface area contributed by atoms with Crippen molar-refractivity contribution in [1.82, 2.24) is 20.0 Å². The van der Waals surface area contributed by atoms with E-state index in [1.54, 1.807) is 13.3 Å². The molecule has 1 N–H and O–H groups in total. The molecule has 6 rings (SSSR count). The van der Waals surface area contributed by atoms with E-state index in [1.807, 2.05) is 59.6 Å². The Labute approximate surface area is 234 Å². The van der Waals surface area contributed by atoms with Crippen LogP contribution in [0.25, 0.3) is 11.1 Å². The maximum absolute atomic E-state index is 14.0. The molecule has 212 valence electrons. The zero-order valence-corrected chi connectivity index (χ0v) is 23.0. The number of anilines is 1. The molecule has 9 heteroatoms. The largest absolute Gasteiger partial charge is 0.497 e. The number of ether oxygens (including phenoxy) is 1. The van der Waals surface area contributed by atoms with Gasteiger partial charge in [-0.05, 0) is 67.0 Å². The molecule has 0 unspecified atom stereocenters. The first-order valence-corrected chi connectivity index (χ1v) is 14.3. The van der Waals surface area contributed by atoms with Crippen molar-refractivity contribution in [3.63, 3.8) is 0 Å². The summed E-state index contributed by atoms with van der Waals surface area (Å²) in [5.41, 5.74) is 3.68. The first-order chi connectivity index (χ1) is 19.3. The van der Waals surface area contributed by atoms with Gasteiger partial charge in [0.05, 0.1) is 25.4 Å². The Bertz CT molecular complexity index is 1300. The van der Waals surface area contributed by atoms with Gasteiger partial charge in [0.25, 0.3) is 0 Å². The van der Waals surface area contributed by atoms with Crippen LogP contribution in [0.2, 0.25) is 0 Å². The molecule has 1 saturated carbocycles. The number of rotatable bonds is 7. The summed E-state index contributed by atoms with van der Waals surface area (Å²) in [4.78, 5) is 20.4. The van der Waals surface area contributed by atoms with Gasteiger partial charge in [0.2, 0.25) is 5.92 Å². The van der Waals surface area contributed by atoms with Crippen molar-refractivity contribution < 1.29 is 18.3 Å². The highest BCUT2D eigenvalue weighted by Crippen LogP contribution is 2.41. The second-order valence-electron chi connectivity index (χ2n) is 11.7. The van der Waals surface area contributed by atoms with Gasteiger partial charge < -0.3 is 14.5 Å². The summed E-state index contributed by atoms with van der Waals surface area (Å²) in [7, 11) is 1.65. The van der Waals surface area contributed by atoms with Gasteiger partial charge in [-0.2, -0.15) is 5.10 Å². The molecule has 1 aliphatic carbocycles. The number of nitrogens with zero attached hydrogens (tertiary/aromatic N) is 4. The fraction of sp³-hybridized carbons (Fsp3) is 0.484. The van der Waals surface area contributed by atoms with Gasteiger partial charge >= 0.3 is 6.03 Å². The van der Waals surface area contributed by atoms with E-state index in [4.69, 9.17) is 4.74 Å². The van der Waals surface area contributed by atoms with Crippen LogP contribution in [-0.2, 0) is 6.54 Å². The molecular weight excluding hydrogens is 512 g/mol. The molecule has 3 heterocycles. The van der Waals surface area contributed by atoms with Crippen molar-refractivity contribution in [2.45, 2.75) is 56.5 Å². The second-order valence-corrected chi connectivity index (χ2v) is 11.7. The van der Waals surface area contributed by atoms with Crippen molar-refractivity contribution in [2.24, 2.45) is 5.92 Å². The molecule has 1 aromatic heterocycles. The zero-order valence-electron chi connectivity index (χ0n) is 23.0. The van der Waals surface area contributed by atoms with Crippen LogP contribution < -0.4 is 9.64 Å². The fourth-order valence-corrected chi connectivity index (χ4v) is 6.66. The predicted octanol–water partition coefficient (Wildman–Crippen LogP) is 6.19. The van der Waals surface area contributed by atoms with Gasteiger partial charge in [-0.15, -0.1) is 0 Å². The highest BCUT2D eigenvalue weighted by Gasteiger charge is 2.51. The van der Waals surface area contributed by atoms with Gasteiger partial charge in [-0.3, -0.25) is 10.00 Å². The summed E-state index contributed by atoms with van der Waals surface area (Å²) >= 11 is 0. The van der Waals surface area contributed by atoms with Crippen LogP contribution >= 0.6 is 0 Å². The van der Waals surface area contributed by atoms with E-state index in [-0.39, 0.29) is 24.4 Å². The first kappa shape index (κ1) is 26.7. The minimum absolute atomic E-state index is 0.00656. The number of likely N-dealkylation sites (tertiary alicyclic amines) is 1. The summed E-state index contributed by atoms with van der Waals surface area (Å²) in [6.07, 6.45) is 6.56. The van der Waals surface area contributed by atoms with Gasteiger partial charge in [0.1, 0.15) is 5.75 Å². The molecule has 3 aliphatic rings. The van der Waals surface area contributed by atoms with E-state index in [1.165, 1.54) is 0 Å². The average Bonchev–Trinajstić information content (AvgIpc) is 3.60. The summed E-state index contributed by atoms with van der Waals surface area (Å²) in [5, 5.41) is 6.88. The summed E-state index contributed by atoms with van der Waals surface area (Å²) in [6.45, 7) is 3.74. The molecule has 2 aromatic carbocycles. The fourth-order valence-electron chi connectivity index (χ4n) is 6.66. The summed E-state index contributed by atoms with van der Waals surface area (Å²) in [6, 6.07) is 16.0. The van der Waals surface area contributed by atoms with Gasteiger partial charge in [-0.25, -0.2) is 13.6 Å². The monoisotopic (exact) mass is 549 g/mol. The van der Waals surface area contributed by atoms with Crippen molar-refractivity contribution >= 4 is 11.7 Å². The quantitative estimate of drug-likeness (QED) is 0.382. The molecule has 40 heavy (non-hydrogen) atoms. The van der Waals surface area contributed by atoms with Crippen molar-refractivity contribution in [3.8, 4) is 16.9 Å². The standard InChI is InChI=1S/C31H37F2N5O2/c1-40-28-4-2-3-24(17-28)21-38-29(39)37(27-7-5-25(6-8-27)26-18-34-35-19-26)22-30(38)13-15-36(16-14-30)20-23-9-11-31(32,33)12-10-23/h2-8,17-19,23H,9-16,20-22H2,1H3,(H,34,35). The molecule has 0 radical (unpaired) electrons. The Kier molecular flexibility index (Phi) is 7.25. The van der Waals surface area contributed by atoms with Crippen LogP contribution in [0.5, 0.6) is 5.75 Å². The molecule has 3 aromatic rings. The number of hydrogen-bond donors (Lipinski definition) is 1. The molecule has 1 spiro atoms. The highest BCUT2D eigenvalue weighted by atomic mass is 19.3. The SMILES string of the molecule is COc1cccc(CN2C(=O)N(c3ccc(-c4cn[nH]c4)cc3)CC23CCN(CC2CCC(F)(F)CC2)CC3)c1. The Morgan fingerprint density at radius 3 is 2.45 bits per heavy atom. The van der Waals surface area contributed by atoms with E-state index in [9.17, 15) is 13.6 Å². The van der Waals surface area contributed by atoms with E-state index in [2.05, 4.69) is 20.0 Å². The number of aromatic nitrogens is 2. The molecule has 0 atom stereocenters. The number of aromatic amines is 1. The third kappa shape index (κ3) is 5.44. The van der Waals surface area contributed by atoms with E-state index in [0.717, 1.165) is 60.6 Å². The Morgan fingerprint density at radius 1 is 1.02 bits per heavy atom. The minimum Gasteiger partial charge on any atom is -0.497 e. The van der Waals surface area contributed by atoms with Crippen LogP contribution in [-0.4, -0.2) is 70.8 Å². The van der Waals surface area contributed by atoms with Crippen molar-refractivity contribution in [2.75, 3.05) is 38.2 Å². The summed E-state index contributed by atoms with van der Waals surface area (Å²) < 4.78 is 32.8. The number of piperidine rings is 1. The van der Waals surface area contributed by atoms with Crippen molar-refractivity contribution in [1.29, 1.82) is 0 Å². The van der Waals surface area contributed by atoms with Gasteiger partial charge in [0, 0.05) is 56.5 Å². The lowest BCUT2D eigenvalue weighted by Gasteiger charge is -2.45. The lowest BCUT2D eigenvalue weighted by atomic mass is 9.83. The van der Waals surface area contributed by atoms with Crippen molar-refractivity contribution in [3.05, 3.63) is 66.5 Å². The van der Waals surface area contributed by atoms with Gasteiger partial charge in [0.15, 0.2) is 0 Å². The molecule has 2 amide bonds. The number of hydrogen-bond acceptors (Lipinski definition) is 4. The average molecular weight is 550 g/mol. The number of halogens is 2.